The van der Waals surface area contributed by atoms with Crippen LogP contribution in [-0.2, 0) is 10.0 Å². The van der Waals surface area contributed by atoms with Crippen LogP contribution in [0.15, 0.2) is 23.2 Å². The lowest BCUT2D eigenvalue weighted by atomic mass is 10.4. The first-order chi connectivity index (χ1) is 9.01. The Kier molecular flexibility index (Phi) is 4.35. The topological polar surface area (TPSA) is 77.6 Å². The lowest BCUT2D eigenvalue weighted by Crippen LogP contribution is -2.52. The molecule has 0 atom stereocenters. The normalized spacial score (nSPS) is 18.4. The molecular weight excluding hydrogens is 266 g/mol. The highest BCUT2D eigenvalue weighted by Crippen LogP contribution is 2.12. The van der Waals surface area contributed by atoms with E-state index in [1.165, 1.54) is 18.3 Å². The molecule has 0 radical (unpaired) electrons. The number of nitrogens with zero attached hydrogens (tertiary/aromatic N) is 3. The first-order valence-electron chi connectivity index (χ1n) is 6.11. The number of sulfonamides is 1. The average molecular weight is 285 g/mol. The smallest absolute Gasteiger partial charge is 0.253 e. The van der Waals surface area contributed by atoms with Crippen LogP contribution in [0.3, 0.4) is 0 Å². The lowest BCUT2D eigenvalue weighted by Gasteiger charge is -2.32. The predicted octanol–water partition coefficient (Wildman–Crippen LogP) is -0.436. The van der Waals surface area contributed by atoms with Gasteiger partial charge in [0.15, 0.2) is 0 Å². The summed E-state index contributed by atoms with van der Waals surface area (Å²) in [5.74, 6) is 0.529. The van der Waals surface area contributed by atoms with Crippen molar-refractivity contribution < 1.29 is 8.42 Å². The zero-order valence-corrected chi connectivity index (χ0v) is 11.9. The summed E-state index contributed by atoms with van der Waals surface area (Å²) in [7, 11) is 0.190. The quantitative estimate of drug-likeness (QED) is 0.781. The molecule has 0 saturated carbocycles. The first-order valence-corrected chi connectivity index (χ1v) is 7.59. The minimum atomic E-state index is -3.53. The summed E-state index contributed by atoms with van der Waals surface area (Å²) in [6.07, 6.45) is 1.48. The molecule has 0 spiro atoms. The summed E-state index contributed by atoms with van der Waals surface area (Å²) in [6, 6.07) is 3.00. The van der Waals surface area contributed by atoms with Crippen LogP contribution in [0.2, 0.25) is 0 Å². The van der Waals surface area contributed by atoms with Crippen molar-refractivity contribution in [2.24, 2.45) is 0 Å². The molecule has 7 nitrogen and oxygen atoms in total. The fourth-order valence-corrected chi connectivity index (χ4v) is 2.97. The van der Waals surface area contributed by atoms with Crippen LogP contribution in [-0.4, -0.2) is 63.6 Å². The van der Waals surface area contributed by atoms with Crippen LogP contribution >= 0.6 is 0 Å². The Morgan fingerprint density at radius 3 is 2.58 bits per heavy atom. The molecule has 1 aromatic heterocycles. The van der Waals surface area contributed by atoms with Gasteiger partial charge in [-0.3, -0.25) is 0 Å². The number of hydrogen-bond donors (Lipinski definition) is 2. The van der Waals surface area contributed by atoms with Crippen molar-refractivity contribution in [2.75, 3.05) is 45.6 Å². The van der Waals surface area contributed by atoms with E-state index in [9.17, 15) is 8.42 Å². The van der Waals surface area contributed by atoms with Gasteiger partial charge in [0.2, 0.25) is 0 Å². The van der Waals surface area contributed by atoms with Crippen molar-refractivity contribution >= 4 is 15.8 Å². The van der Waals surface area contributed by atoms with Crippen LogP contribution in [0.5, 0.6) is 0 Å². The van der Waals surface area contributed by atoms with Crippen molar-refractivity contribution in [3.05, 3.63) is 18.3 Å². The van der Waals surface area contributed by atoms with Gasteiger partial charge in [0.1, 0.15) is 5.82 Å². The highest BCUT2D eigenvalue weighted by atomic mass is 32.2. The zero-order chi connectivity index (χ0) is 13.9. The van der Waals surface area contributed by atoms with Crippen molar-refractivity contribution in [3.8, 4) is 0 Å². The average Bonchev–Trinajstić information content (AvgIpc) is 2.41. The molecule has 0 amide bonds. The third-order valence-corrected chi connectivity index (χ3v) is 4.42. The lowest BCUT2D eigenvalue weighted by molar-refractivity contribution is 0.135. The molecule has 1 fully saturated rings. The van der Waals surface area contributed by atoms with E-state index in [2.05, 4.69) is 20.0 Å². The van der Waals surface area contributed by atoms with E-state index >= 15 is 0 Å². The van der Waals surface area contributed by atoms with E-state index in [0.29, 0.717) is 18.9 Å². The number of nitrogens with one attached hydrogen (secondary N) is 2. The Balaban J connectivity index is 2.09. The van der Waals surface area contributed by atoms with Gasteiger partial charge in [-0.2, -0.15) is 0 Å². The van der Waals surface area contributed by atoms with Crippen LogP contribution in [0, 0.1) is 0 Å². The van der Waals surface area contributed by atoms with Crippen LogP contribution in [0.1, 0.15) is 0 Å². The number of pyridine rings is 1. The number of aromatic nitrogens is 1. The fraction of sp³-hybridized carbons (Fsp3) is 0.545. The molecule has 8 heteroatoms. The van der Waals surface area contributed by atoms with E-state index in [-0.39, 0.29) is 4.90 Å². The van der Waals surface area contributed by atoms with Gasteiger partial charge < -0.3 is 10.2 Å². The number of hydrazine groups is 1. The molecule has 1 aliphatic rings. The van der Waals surface area contributed by atoms with Crippen LogP contribution in [0.4, 0.5) is 5.82 Å². The molecule has 0 unspecified atom stereocenters. The summed E-state index contributed by atoms with van der Waals surface area (Å²) < 4.78 is 24.5. The molecule has 19 heavy (non-hydrogen) atoms. The van der Waals surface area contributed by atoms with E-state index in [1.54, 1.807) is 12.1 Å². The fourth-order valence-electron chi connectivity index (χ4n) is 1.84. The van der Waals surface area contributed by atoms with Crippen LogP contribution in [0.25, 0.3) is 0 Å². The minimum Gasteiger partial charge on any atom is -0.373 e. The maximum atomic E-state index is 12.2. The first kappa shape index (κ1) is 14.2. The van der Waals surface area contributed by atoms with Gasteiger partial charge in [-0.15, -0.1) is 4.83 Å². The Labute approximate surface area is 113 Å². The minimum absolute atomic E-state index is 0.214. The highest BCUT2D eigenvalue weighted by Gasteiger charge is 2.21. The molecule has 2 N–H and O–H groups in total. The van der Waals surface area contributed by atoms with E-state index in [4.69, 9.17) is 0 Å². The second-order valence-electron chi connectivity index (χ2n) is 4.51. The Hall–Kier alpha value is -1.22. The molecule has 106 valence electrons. The van der Waals surface area contributed by atoms with Crippen molar-refractivity contribution in [1.29, 1.82) is 0 Å². The molecule has 1 aromatic rings. The van der Waals surface area contributed by atoms with E-state index in [1.807, 2.05) is 7.05 Å². The second kappa shape index (κ2) is 5.83. The molecule has 0 aliphatic carbocycles. The van der Waals surface area contributed by atoms with Gasteiger partial charge in [-0.05, 0) is 13.1 Å². The third kappa shape index (κ3) is 3.63. The third-order valence-electron chi connectivity index (χ3n) is 3.05. The standard InChI is InChI=1S/C11H19N5O2S/c1-12-11-9-10(3-4-13-11)19(17,18)14-16-7-5-15(2)6-8-16/h3-4,9,14H,5-8H2,1-2H3,(H,12,13). The predicted molar refractivity (Wildman–Crippen MR) is 73.2 cm³/mol. The van der Waals surface area contributed by atoms with Crippen molar-refractivity contribution in [2.45, 2.75) is 4.90 Å². The number of anilines is 1. The summed E-state index contributed by atoms with van der Waals surface area (Å²) in [6.45, 7) is 3.06. The number of hydrogen-bond acceptors (Lipinski definition) is 6. The Morgan fingerprint density at radius 1 is 1.26 bits per heavy atom. The van der Waals surface area contributed by atoms with Crippen molar-refractivity contribution in [3.63, 3.8) is 0 Å². The Morgan fingerprint density at radius 2 is 1.95 bits per heavy atom. The highest BCUT2D eigenvalue weighted by molar-refractivity contribution is 7.89. The molecule has 1 aliphatic heterocycles. The van der Waals surface area contributed by atoms with Gasteiger partial charge >= 0.3 is 0 Å². The van der Waals surface area contributed by atoms with E-state index in [0.717, 1.165) is 13.1 Å². The molecule has 2 heterocycles. The largest absolute Gasteiger partial charge is 0.373 e. The molecular formula is C11H19N5O2S. The summed E-state index contributed by atoms with van der Waals surface area (Å²) in [4.78, 5) is 8.99. The van der Waals surface area contributed by atoms with Gasteiger partial charge in [-0.1, -0.05) is 0 Å². The number of likely N-dealkylation sites (N-methyl/N-ethyl adjacent to an activating group) is 1. The number of piperazine rings is 1. The summed E-state index contributed by atoms with van der Waals surface area (Å²) >= 11 is 0. The number of rotatable bonds is 4. The molecule has 0 bridgehead atoms. The molecule has 0 aromatic carbocycles. The summed E-state index contributed by atoms with van der Waals surface area (Å²) in [5, 5.41) is 4.56. The SMILES string of the molecule is CNc1cc(S(=O)(=O)NN2CCN(C)CC2)ccn1. The maximum absolute atomic E-state index is 12.2. The van der Waals surface area contributed by atoms with Gasteiger partial charge in [-0.25, -0.2) is 18.4 Å². The molecule has 2 rings (SSSR count). The van der Waals surface area contributed by atoms with Gasteiger partial charge in [0.05, 0.1) is 4.90 Å². The van der Waals surface area contributed by atoms with Crippen molar-refractivity contribution in [1.82, 2.24) is 19.7 Å². The molecule has 1 saturated heterocycles. The van der Waals surface area contributed by atoms with Gasteiger partial charge in [0.25, 0.3) is 10.0 Å². The summed E-state index contributed by atoms with van der Waals surface area (Å²) in [5.41, 5.74) is 0. The van der Waals surface area contributed by atoms with Gasteiger partial charge in [0, 0.05) is 45.5 Å². The van der Waals surface area contributed by atoms with Crippen LogP contribution < -0.4 is 10.1 Å². The maximum Gasteiger partial charge on any atom is 0.253 e. The monoisotopic (exact) mass is 285 g/mol. The Bertz CT molecular complexity index is 526. The second-order valence-corrected chi connectivity index (χ2v) is 6.17. The zero-order valence-electron chi connectivity index (χ0n) is 11.1. The van der Waals surface area contributed by atoms with E-state index < -0.39 is 10.0 Å².